The molecule has 2 N–H and O–H groups in total. The maximum Gasteiger partial charge on any atom is 0.240 e. The summed E-state index contributed by atoms with van der Waals surface area (Å²) in [6.45, 7) is 7.02. The van der Waals surface area contributed by atoms with E-state index in [1.165, 1.54) is 5.57 Å². The summed E-state index contributed by atoms with van der Waals surface area (Å²) in [4.78, 5) is 12.6. The Morgan fingerprint density at radius 3 is 2.68 bits per heavy atom. The van der Waals surface area contributed by atoms with Gasteiger partial charge in [-0.25, -0.2) is 18.1 Å². The number of nitrogens with zero attached hydrogens (tertiary/aromatic N) is 2. The van der Waals surface area contributed by atoms with Crippen LogP contribution in [-0.4, -0.2) is 29.9 Å². The van der Waals surface area contributed by atoms with E-state index in [1.54, 1.807) is 36.7 Å². The van der Waals surface area contributed by atoms with Crippen LogP contribution in [-0.2, 0) is 16.4 Å². The zero-order valence-corrected chi connectivity index (χ0v) is 19.1. The van der Waals surface area contributed by atoms with Crippen LogP contribution in [0.2, 0.25) is 0 Å². The first-order valence-electron chi connectivity index (χ1n) is 10.8. The van der Waals surface area contributed by atoms with Gasteiger partial charge in [-0.1, -0.05) is 43.7 Å². The van der Waals surface area contributed by atoms with Crippen molar-refractivity contribution in [3.05, 3.63) is 66.3 Å². The van der Waals surface area contributed by atoms with Crippen molar-refractivity contribution in [3.63, 3.8) is 0 Å². The average molecular weight is 439 g/mol. The van der Waals surface area contributed by atoms with Crippen LogP contribution in [0.1, 0.15) is 33.0 Å². The molecule has 1 aromatic carbocycles. The summed E-state index contributed by atoms with van der Waals surface area (Å²) in [5.74, 6) is 2.40. The van der Waals surface area contributed by atoms with Crippen molar-refractivity contribution in [2.75, 3.05) is 6.54 Å². The zero-order chi connectivity index (χ0) is 22.0. The van der Waals surface area contributed by atoms with Crippen molar-refractivity contribution in [2.24, 2.45) is 23.7 Å². The van der Waals surface area contributed by atoms with Gasteiger partial charge in [0.2, 0.25) is 10.0 Å². The van der Waals surface area contributed by atoms with Gasteiger partial charge >= 0.3 is 0 Å². The Bertz CT molecular complexity index is 1140. The molecule has 0 aliphatic heterocycles. The van der Waals surface area contributed by atoms with E-state index >= 15 is 0 Å². The summed E-state index contributed by atoms with van der Waals surface area (Å²) in [6.07, 6.45) is 7.71. The SMILES string of the molecule is CC1=CC(CNS(=O)(=O)c2ccccc2)C(C(C)C)CC1Cc1nc2ccncc2[nH]1. The summed E-state index contributed by atoms with van der Waals surface area (Å²) in [5, 5.41) is 0. The van der Waals surface area contributed by atoms with Gasteiger partial charge in [-0.05, 0) is 55.2 Å². The van der Waals surface area contributed by atoms with E-state index in [2.05, 4.69) is 41.5 Å². The number of imidazole rings is 1. The quantitative estimate of drug-likeness (QED) is 0.537. The molecule has 2 heterocycles. The Morgan fingerprint density at radius 1 is 1.19 bits per heavy atom. The van der Waals surface area contributed by atoms with Crippen LogP contribution < -0.4 is 4.72 Å². The molecule has 4 rings (SSSR count). The van der Waals surface area contributed by atoms with Crippen molar-refractivity contribution < 1.29 is 8.42 Å². The van der Waals surface area contributed by atoms with Gasteiger partial charge in [0.05, 0.1) is 22.1 Å². The molecule has 3 atom stereocenters. The first-order valence-corrected chi connectivity index (χ1v) is 12.3. The van der Waals surface area contributed by atoms with Gasteiger partial charge in [-0.3, -0.25) is 4.98 Å². The van der Waals surface area contributed by atoms with Gasteiger partial charge in [0.15, 0.2) is 0 Å². The fourth-order valence-corrected chi connectivity index (χ4v) is 5.73. The van der Waals surface area contributed by atoms with Crippen LogP contribution >= 0.6 is 0 Å². The van der Waals surface area contributed by atoms with Gasteiger partial charge in [0.25, 0.3) is 0 Å². The number of hydrogen-bond acceptors (Lipinski definition) is 4. The van der Waals surface area contributed by atoms with Crippen LogP contribution in [0.25, 0.3) is 11.0 Å². The van der Waals surface area contributed by atoms with E-state index in [4.69, 9.17) is 4.98 Å². The highest BCUT2D eigenvalue weighted by Crippen LogP contribution is 2.38. The lowest BCUT2D eigenvalue weighted by Crippen LogP contribution is -2.37. The first-order chi connectivity index (χ1) is 14.8. The smallest absolute Gasteiger partial charge is 0.240 e. The topological polar surface area (TPSA) is 87.7 Å². The zero-order valence-electron chi connectivity index (χ0n) is 18.2. The Kier molecular flexibility index (Phi) is 6.25. The number of H-pyrrole nitrogens is 1. The number of fused-ring (bicyclic) bond motifs is 1. The lowest BCUT2D eigenvalue weighted by Gasteiger charge is -2.37. The molecule has 0 bridgehead atoms. The number of benzene rings is 1. The molecule has 3 aromatic rings. The fraction of sp³-hybridized carbons (Fsp3) is 0.417. The molecule has 164 valence electrons. The molecule has 31 heavy (non-hydrogen) atoms. The molecule has 3 unspecified atom stereocenters. The van der Waals surface area contributed by atoms with Crippen LogP contribution in [0.4, 0.5) is 0 Å². The predicted molar refractivity (Wildman–Crippen MR) is 123 cm³/mol. The highest BCUT2D eigenvalue weighted by molar-refractivity contribution is 7.89. The van der Waals surface area contributed by atoms with Crippen LogP contribution in [0.5, 0.6) is 0 Å². The third-order valence-corrected chi connectivity index (χ3v) is 7.86. The first kappa shape index (κ1) is 21.7. The molecule has 0 fully saturated rings. The van der Waals surface area contributed by atoms with Crippen LogP contribution in [0.3, 0.4) is 0 Å². The molecule has 0 radical (unpaired) electrons. The molecule has 0 saturated carbocycles. The van der Waals surface area contributed by atoms with Crippen molar-refractivity contribution in [2.45, 2.75) is 38.5 Å². The fourth-order valence-electron chi connectivity index (χ4n) is 4.64. The maximum atomic E-state index is 12.7. The standard InChI is InChI=1S/C24H30N4O2S/c1-16(2)21-12-18(13-24-27-22-9-10-25-15-23(22)28-24)17(3)11-19(21)14-26-31(29,30)20-7-5-4-6-8-20/h4-11,15-16,18-19,21,26H,12-14H2,1-3H3,(H,27,28). The summed E-state index contributed by atoms with van der Waals surface area (Å²) in [5.41, 5.74) is 3.21. The largest absolute Gasteiger partial charge is 0.341 e. The summed E-state index contributed by atoms with van der Waals surface area (Å²) in [6, 6.07) is 10.5. The Balaban J connectivity index is 1.49. The lowest BCUT2D eigenvalue weighted by atomic mass is 9.70. The third kappa shape index (κ3) is 4.88. The minimum atomic E-state index is -3.50. The van der Waals surface area contributed by atoms with E-state index in [0.29, 0.717) is 29.2 Å². The number of sulfonamides is 1. The number of rotatable bonds is 7. The van der Waals surface area contributed by atoms with E-state index < -0.39 is 10.0 Å². The predicted octanol–water partition coefficient (Wildman–Crippen LogP) is 4.33. The van der Waals surface area contributed by atoms with E-state index in [0.717, 1.165) is 29.7 Å². The minimum Gasteiger partial charge on any atom is -0.341 e. The second-order valence-electron chi connectivity index (χ2n) is 8.86. The number of allylic oxidation sites excluding steroid dienone is 1. The van der Waals surface area contributed by atoms with Crippen LogP contribution in [0.15, 0.2) is 65.3 Å². The number of aromatic nitrogens is 3. The maximum absolute atomic E-state index is 12.7. The molecular weight excluding hydrogens is 408 g/mol. The molecule has 0 saturated heterocycles. The normalized spacial score (nSPS) is 22.1. The summed E-state index contributed by atoms with van der Waals surface area (Å²) < 4.78 is 28.2. The second-order valence-corrected chi connectivity index (χ2v) is 10.6. The van der Waals surface area contributed by atoms with Crippen molar-refractivity contribution in [1.82, 2.24) is 19.7 Å². The molecule has 0 spiro atoms. The van der Waals surface area contributed by atoms with Gasteiger partial charge in [-0.15, -0.1) is 0 Å². The highest BCUT2D eigenvalue weighted by Gasteiger charge is 2.32. The molecule has 6 nitrogen and oxygen atoms in total. The average Bonchev–Trinajstić information content (AvgIpc) is 3.16. The van der Waals surface area contributed by atoms with Crippen LogP contribution in [0, 0.1) is 23.7 Å². The van der Waals surface area contributed by atoms with Gasteiger partial charge in [0, 0.05) is 19.2 Å². The van der Waals surface area contributed by atoms with E-state index in [1.807, 2.05) is 12.1 Å². The molecular formula is C24H30N4O2S. The molecule has 0 amide bonds. The van der Waals surface area contributed by atoms with E-state index in [-0.39, 0.29) is 5.92 Å². The van der Waals surface area contributed by atoms with Crippen molar-refractivity contribution in [3.8, 4) is 0 Å². The number of pyridine rings is 1. The summed E-state index contributed by atoms with van der Waals surface area (Å²) >= 11 is 0. The lowest BCUT2D eigenvalue weighted by molar-refractivity contribution is 0.227. The highest BCUT2D eigenvalue weighted by atomic mass is 32.2. The molecule has 1 aliphatic rings. The van der Waals surface area contributed by atoms with E-state index in [9.17, 15) is 8.42 Å². The molecule has 2 aromatic heterocycles. The number of nitrogens with one attached hydrogen (secondary N) is 2. The number of hydrogen-bond donors (Lipinski definition) is 2. The summed E-state index contributed by atoms with van der Waals surface area (Å²) in [7, 11) is -3.50. The Morgan fingerprint density at radius 2 is 1.97 bits per heavy atom. The second kappa shape index (κ2) is 8.93. The van der Waals surface area contributed by atoms with Gasteiger partial charge in [-0.2, -0.15) is 0 Å². The molecule has 1 aliphatic carbocycles. The van der Waals surface area contributed by atoms with Gasteiger partial charge < -0.3 is 4.98 Å². The Labute approximate surface area is 184 Å². The third-order valence-electron chi connectivity index (χ3n) is 6.42. The molecule has 7 heteroatoms. The van der Waals surface area contributed by atoms with Gasteiger partial charge in [0.1, 0.15) is 5.82 Å². The Hall–Kier alpha value is -2.51. The monoisotopic (exact) mass is 438 g/mol. The number of aromatic amines is 1. The minimum absolute atomic E-state index is 0.176. The van der Waals surface area contributed by atoms with Crippen molar-refractivity contribution >= 4 is 21.1 Å². The van der Waals surface area contributed by atoms with Crippen molar-refractivity contribution in [1.29, 1.82) is 0 Å².